The Hall–Kier alpha value is -1.50. The number of aliphatic hydroxyl groups is 2. The van der Waals surface area contributed by atoms with Gasteiger partial charge in [-0.25, -0.2) is 8.42 Å². The van der Waals surface area contributed by atoms with Crippen LogP contribution in [0.25, 0.3) is 0 Å². The molecule has 5 rings (SSSR count). The van der Waals surface area contributed by atoms with E-state index in [-0.39, 0.29) is 40.9 Å². The SMILES string of the molecule is CC[C@]1(O)CC[C@@]2(C)C(=CC[C@H]3[C@@H]4CC[C@H]([C@H](C)C(CC(C)(C)O)S(=O)(=O)c5ccccc5)[C@@]4(C)CC(=O)[C@@H]32)C1. The molecule has 4 aliphatic rings. The van der Waals surface area contributed by atoms with Gasteiger partial charge < -0.3 is 10.2 Å². The smallest absolute Gasteiger partial charge is 0.181 e. The van der Waals surface area contributed by atoms with Gasteiger partial charge in [0.2, 0.25) is 0 Å². The standard InChI is InChI=1S/C34H50O5S/c1-7-34(37)18-17-32(5)23(19-34)13-14-25-27-16-15-26(33(27,6)20-28(35)30(25)32)22(2)29(21-31(3,4)36)40(38,39)24-11-9-8-10-12-24/h8-13,22,25-27,29-30,36-37H,7,14-21H2,1-6H3/t22-,25-,26+,27-,29?,30+,32-,33+,34-/m0/s1. The van der Waals surface area contributed by atoms with Crippen molar-refractivity contribution in [1.82, 2.24) is 0 Å². The van der Waals surface area contributed by atoms with Gasteiger partial charge in [-0.05, 0) is 112 Å². The van der Waals surface area contributed by atoms with Crippen LogP contribution >= 0.6 is 0 Å². The first-order valence-corrected chi connectivity index (χ1v) is 17.1. The zero-order chi connectivity index (χ0) is 29.3. The van der Waals surface area contributed by atoms with E-state index in [1.807, 2.05) is 6.07 Å². The molecule has 0 aromatic heterocycles. The number of rotatable bonds is 7. The second kappa shape index (κ2) is 10.1. The minimum atomic E-state index is -3.69. The number of carbonyl (C=O) groups excluding carboxylic acids is 1. The third-order valence-corrected chi connectivity index (χ3v) is 14.4. The van der Waals surface area contributed by atoms with Gasteiger partial charge in [-0.15, -0.1) is 0 Å². The van der Waals surface area contributed by atoms with Gasteiger partial charge in [-0.2, -0.15) is 0 Å². The summed E-state index contributed by atoms with van der Waals surface area (Å²) in [6, 6.07) is 8.64. The summed E-state index contributed by atoms with van der Waals surface area (Å²) in [6.45, 7) is 12.0. The topological polar surface area (TPSA) is 91.7 Å². The summed E-state index contributed by atoms with van der Waals surface area (Å²) >= 11 is 0. The lowest BCUT2D eigenvalue weighted by atomic mass is 9.45. The highest BCUT2D eigenvalue weighted by Crippen LogP contribution is 2.67. The quantitative estimate of drug-likeness (QED) is 0.364. The molecule has 6 heteroatoms. The van der Waals surface area contributed by atoms with Crippen molar-refractivity contribution in [1.29, 1.82) is 0 Å². The fourth-order valence-corrected chi connectivity index (χ4v) is 12.1. The molecule has 5 nitrogen and oxygen atoms in total. The molecule has 1 unspecified atom stereocenters. The first-order valence-electron chi connectivity index (χ1n) is 15.5. The summed E-state index contributed by atoms with van der Waals surface area (Å²) < 4.78 is 28.1. The molecule has 0 amide bonds. The molecule has 4 aliphatic carbocycles. The number of hydrogen-bond donors (Lipinski definition) is 2. The molecule has 0 heterocycles. The molecule has 0 spiro atoms. The summed E-state index contributed by atoms with van der Waals surface area (Å²) in [4.78, 5) is 14.5. The molecule has 3 saturated carbocycles. The average molecular weight is 571 g/mol. The van der Waals surface area contributed by atoms with Crippen molar-refractivity contribution in [2.75, 3.05) is 0 Å². The molecule has 9 atom stereocenters. The van der Waals surface area contributed by atoms with E-state index < -0.39 is 26.3 Å². The number of hydrogen-bond acceptors (Lipinski definition) is 5. The predicted molar refractivity (Wildman–Crippen MR) is 158 cm³/mol. The number of fused-ring (bicyclic) bond motifs is 5. The predicted octanol–water partition coefficient (Wildman–Crippen LogP) is 6.53. The van der Waals surface area contributed by atoms with Crippen LogP contribution in [-0.2, 0) is 14.6 Å². The van der Waals surface area contributed by atoms with E-state index >= 15 is 0 Å². The van der Waals surface area contributed by atoms with Crippen molar-refractivity contribution in [3.63, 3.8) is 0 Å². The number of allylic oxidation sites excluding steroid dienone is 1. The molecule has 2 N–H and O–H groups in total. The van der Waals surface area contributed by atoms with Crippen molar-refractivity contribution in [3.8, 4) is 0 Å². The maximum Gasteiger partial charge on any atom is 0.181 e. The van der Waals surface area contributed by atoms with E-state index in [4.69, 9.17) is 0 Å². The summed E-state index contributed by atoms with van der Waals surface area (Å²) in [6.07, 6.45) is 8.81. The molecule has 40 heavy (non-hydrogen) atoms. The zero-order valence-electron chi connectivity index (χ0n) is 25.3. The molecule has 3 fully saturated rings. The van der Waals surface area contributed by atoms with Gasteiger partial charge in [0.25, 0.3) is 0 Å². The number of benzene rings is 1. The average Bonchev–Trinajstić information content (AvgIpc) is 3.23. The highest BCUT2D eigenvalue weighted by atomic mass is 32.2. The van der Waals surface area contributed by atoms with Gasteiger partial charge in [0.05, 0.1) is 21.3 Å². The van der Waals surface area contributed by atoms with E-state index in [0.717, 1.165) is 38.5 Å². The van der Waals surface area contributed by atoms with Gasteiger partial charge in [0.1, 0.15) is 5.78 Å². The lowest BCUT2D eigenvalue weighted by Gasteiger charge is -2.58. The van der Waals surface area contributed by atoms with Gasteiger partial charge in [0, 0.05) is 12.3 Å². The number of carbonyl (C=O) groups is 1. The Morgan fingerprint density at radius 1 is 1.07 bits per heavy atom. The van der Waals surface area contributed by atoms with Crippen LogP contribution < -0.4 is 0 Å². The first-order chi connectivity index (χ1) is 18.6. The van der Waals surface area contributed by atoms with E-state index in [0.29, 0.717) is 29.4 Å². The summed E-state index contributed by atoms with van der Waals surface area (Å²) in [5.74, 6) is 0.845. The largest absolute Gasteiger partial charge is 0.390 e. The maximum atomic E-state index is 14.2. The Kier molecular flexibility index (Phi) is 7.53. The summed E-state index contributed by atoms with van der Waals surface area (Å²) in [5, 5.41) is 21.2. The molecule has 0 aliphatic heterocycles. The van der Waals surface area contributed by atoms with Crippen LogP contribution in [0.5, 0.6) is 0 Å². The molecule has 0 radical (unpaired) electrons. The van der Waals surface area contributed by atoms with Crippen LogP contribution in [0, 0.1) is 40.4 Å². The van der Waals surface area contributed by atoms with Gasteiger partial charge in [-0.3, -0.25) is 4.79 Å². The highest BCUT2D eigenvalue weighted by Gasteiger charge is 2.63. The molecule has 1 aromatic carbocycles. The maximum absolute atomic E-state index is 14.2. The second-order valence-electron chi connectivity index (χ2n) is 15.0. The van der Waals surface area contributed by atoms with Crippen molar-refractivity contribution < 1.29 is 23.4 Å². The lowest BCUT2D eigenvalue weighted by molar-refractivity contribution is -0.147. The third kappa shape index (κ3) is 4.84. The molecular formula is C34H50O5S. The van der Waals surface area contributed by atoms with Crippen LogP contribution in [0.2, 0.25) is 0 Å². The first kappa shape index (κ1) is 30.0. The highest BCUT2D eigenvalue weighted by molar-refractivity contribution is 7.92. The van der Waals surface area contributed by atoms with Crippen molar-refractivity contribution >= 4 is 15.6 Å². The van der Waals surface area contributed by atoms with Crippen LogP contribution in [0.3, 0.4) is 0 Å². The van der Waals surface area contributed by atoms with Crippen molar-refractivity contribution in [2.45, 2.75) is 121 Å². The van der Waals surface area contributed by atoms with Crippen molar-refractivity contribution in [3.05, 3.63) is 42.0 Å². The number of ketones is 1. The summed E-state index contributed by atoms with van der Waals surface area (Å²) in [5.41, 5.74) is -0.955. The Bertz CT molecular complexity index is 1260. The Morgan fingerprint density at radius 2 is 1.75 bits per heavy atom. The second-order valence-corrected chi connectivity index (χ2v) is 17.2. The van der Waals surface area contributed by atoms with Crippen LogP contribution in [0.4, 0.5) is 0 Å². The molecular weight excluding hydrogens is 520 g/mol. The van der Waals surface area contributed by atoms with Crippen LogP contribution in [0.1, 0.15) is 99.3 Å². The van der Waals surface area contributed by atoms with E-state index in [2.05, 4.69) is 33.8 Å². The molecule has 222 valence electrons. The van der Waals surface area contributed by atoms with Crippen LogP contribution in [-0.4, -0.2) is 40.9 Å². The fourth-order valence-electron chi connectivity index (χ4n) is 9.86. The summed E-state index contributed by atoms with van der Waals surface area (Å²) in [7, 11) is -3.69. The van der Waals surface area contributed by atoms with Crippen LogP contribution in [0.15, 0.2) is 46.9 Å². The number of Topliss-reactive ketones (excluding diaryl/α,β-unsaturated/α-hetero) is 1. The van der Waals surface area contributed by atoms with E-state index in [1.54, 1.807) is 38.1 Å². The Labute approximate surface area is 241 Å². The molecule has 0 bridgehead atoms. The Morgan fingerprint density at radius 3 is 2.38 bits per heavy atom. The Balaban J connectivity index is 1.47. The monoisotopic (exact) mass is 570 g/mol. The normalized spacial score (nSPS) is 39.5. The van der Waals surface area contributed by atoms with E-state index in [1.165, 1.54) is 5.57 Å². The van der Waals surface area contributed by atoms with Gasteiger partial charge in [-0.1, -0.05) is 57.5 Å². The minimum absolute atomic E-state index is 0.0127. The van der Waals surface area contributed by atoms with Gasteiger partial charge >= 0.3 is 0 Å². The van der Waals surface area contributed by atoms with E-state index in [9.17, 15) is 23.4 Å². The minimum Gasteiger partial charge on any atom is -0.390 e. The van der Waals surface area contributed by atoms with Crippen molar-refractivity contribution in [2.24, 2.45) is 40.4 Å². The van der Waals surface area contributed by atoms with Gasteiger partial charge in [0.15, 0.2) is 9.84 Å². The third-order valence-electron chi connectivity index (χ3n) is 12.1. The lowest BCUT2D eigenvalue weighted by Crippen LogP contribution is -2.56. The number of sulfone groups is 1. The fraction of sp³-hybridized carbons (Fsp3) is 0.735. The molecule has 0 saturated heterocycles. The zero-order valence-corrected chi connectivity index (χ0v) is 26.1. The molecule has 1 aromatic rings.